The Morgan fingerprint density at radius 1 is 1.17 bits per heavy atom. The summed E-state index contributed by atoms with van der Waals surface area (Å²) in [5, 5.41) is 3.25. The first-order valence-corrected chi connectivity index (χ1v) is 9.85. The smallest absolute Gasteiger partial charge is 0.263 e. The minimum atomic E-state index is -0.339. The van der Waals surface area contributed by atoms with Gasteiger partial charge in [-0.1, -0.05) is 24.3 Å². The van der Waals surface area contributed by atoms with E-state index in [-0.39, 0.29) is 23.8 Å². The highest BCUT2D eigenvalue weighted by molar-refractivity contribution is 7.19. The molecule has 0 aliphatic heterocycles. The number of aryl methyl sites for hydroxylation is 2. The van der Waals surface area contributed by atoms with Crippen molar-refractivity contribution in [2.75, 3.05) is 5.32 Å². The van der Waals surface area contributed by atoms with E-state index >= 15 is 0 Å². The zero-order valence-electron chi connectivity index (χ0n) is 15.9. The molecule has 4 rings (SSSR count). The fourth-order valence-electron chi connectivity index (χ4n) is 3.29. The Hall–Kier alpha value is -3.32. The van der Waals surface area contributed by atoms with E-state index < -0.39 is 0 Å². The number of fused-ring (bicyclic) bond motifs is 1. The van der Waals surface area contributed by atoms with Gasteiger partial charge >= 0.3 is 0 Å². The monoisotopic (exact) mass is 407 g/mol. The van der Waals surface area contributed by atoms with Crippen LogP contribution in [0.25, 0.3) is 21.3 Å². The van der Waals surface area contributed by atoms with Gasteiger partial charge in [-0.2, -0.15) is 0 Å². The highest BCUT2D eigenvalue weighted by Crippen LogP contribution is 2.35. The van der Waals surface area contributed by atoms with Crippen molar-refractivity contribution in [3.63, 3.8) is 0 Å². The number of carbonyl (C=O) groups excluding carboxylic acids is 1. The largest absolute Gasteiger partial charge is 0.325 e. The Balaban J connectivity index is 1.70. The van der Waals surface area contributed by atoms with Crippen LogP contribution in [0.4, 0.5) is 10.1 Å². The molecule has 0 aliphatic carbocycles. The minimum Gasteiger partial charge on any atom is -0.325 e. The quantitative estimate of drug-likeness (QED) is 0.541. The SMILES string of the molecule is Cc1cccc(NC(=O)Cn2cnc3sc(C)c(-c4ccc(F)cc4)c3c2=O)c1. The van der Waals surface area contributed by atoms with Crippen LogP contribution in [0.1, 0.15) is 10.4 Å². The molecule has 4 aromatic rings. The first-order valence-electron chi connectivity index (χ1n) is 9.03. The Morgan fingerprint density at radius 3 is 2.66 bits per heavy atom. The maximum absolute atomic E-state index is 13.3. The van der Waals surface area contributed by atoms with Gasteiger partial charge in [-0.15, -0.1) is 11.3 Å². The third-order valence-electron chi connectivity index (χ3n) is 4.60. The summed E-state index contributed by atoms with van der Waals surface area (Å²) in [5.74, 6) is -0.650. The number of hydrogen-bond donors (Lipinski definition) is 1. The maximum atomic E-state index is 13.3. The van der Waals surface area contributed by atoms with E-state index in [1.165, 1.54) is 34.4 Å². The molecular formula is C22H18FN3O2S. The van der Waals surface area contributed by atoms with E-state index in [1.54, 1.807) is 18.2 Å². The van der Waals surface area contributed by atoms with Crippen molar-refractivity contribution >= 4 is 33.1 Å². The lowest BCUT2D eigenvalue weighted by Crippen LogP contribution is -2.27. The standard InChI is InChI=1S/C22H18FN3O2S/c1-13-4-3-5-17(10-13)25-18(27)11-26-12-24-21-20(22(26)28)19(14(2)29-21)15-6-8-16(23)9-7-15/h3-10,12H,11H2,1-2H3,(H,25,27). The molecule has 0 unspecified atom stereocenters. The van der Waals surface area contributed by atoms with Crippen LogP contribution in [0, 0.1) is 19.7 Å². The fraction of sp³-hybridized carbons (Fsp3) is 0.136. The highest BCUT2D eigenvalue weighted by atomic mass is 32.1. The summed E-state index contributed by atoms with van der Waals surface area (Å²) in [7, 11) is 0. The molecule has 0 bridgehead atoms. The third kappa shape index (κ3) is 3.82. The number of benzene rings is 2. The lowest BCUT2D eigenvalue weighted by molar-refractivity contribution is -0.116. The predicted molar refractivity (Wildman–Crippen MR) is 114 cm³/mol. The topological polar surface area (TPSA) is 64.0 Å². The van der Waals surface area contributed by atoms with Gasteiger partial charge < -0.3 is 5.32 Å². The second-order valence-corrected chi connectivity index (χ2v) is 8.02. The minimum absolute atomic E-state index is 0.145. The molecule has 1 N–H and O–H groups in total. The number of rotatable bonds is 4. The number of thiophene rings is 1. The zero-order chi connectivity index (χ0) is 20.5. The zero-order valence-corrected chi connectivity index (χ0v) is 16.7. The Bertz CT molecular complexity index is 1280. The molecule has 1 amide bonds. The summed E-state index contributed by atoms with van der Waals surface area (Å²) in [4.78, 5) is 31.4. The molecule has 0 atom stereocenters. The summed E-state index contributed by atoms with van der Waals surface area (Å²) in [6, 6.07) is 13.5. The number of halogens is 1. The van der Waals surface area contributed by atoms with Gasteiger partial charge in [0.2, 0.25) is 5.91 Å². The van der Waals surface area contributed by atoms with Crippen molar-refractivity contribution in [3.8, 4) is 11.1 Å². The van der Waals surface area contributed by atoms with Crippen LogP contribution in [-0.2, 0) is 11.3 Å². The first kappa shape index (κ1) is 19.0. The molecule has 2 aromatic heterocycles. The van der Waals surface area contributed by atoms with Crippen LogP contribution < -0.4 is 10.9 Å². The van der Waals surface area contributed by atoms with Crippen LogP contribution in [-0.4, -0.2) is 15.5 Å². The Kier molecular flexibility index (Phi) is 4.98. The molecule has 5 nitrogen and oxygen atoms in total. The van der Waals surface area contributed by atoms with Crippen molar-refractivity contribution in [2.24, 2.45) is 0 Å². The van der Waals surface area contributed by atoms with Crippen molar-refractivity contribution in [1.29, 1.82) is 0 Å². The summed E-state index contributed by atoms with van der Waals surface area (Å²) >= 11 is 1.41. The van der Waals surface area contributed by atoms with Gasteiger partial charge in [-0.3, -0.25) is 14.2 Å². The fourth-order valence-corrected chi connectivity index (χ4v) is 4.30. The van der Waals surface area contributed by atoms with Crippen molar-refractivity contribution in [2.45, 2.75) is 20.4 Å². The molecule has 0 fully saturated rings. The average molecular weight is 407 g/mol. The lowest BCUT2D eigenvalue weighted by atomic mass is 10.0. The second kappa shape index (κ2) is 7.60. The van der Waals surface area contributed by atoms with Gasteiger partial charge in [-0.25, -0.2) is 9.37 Å². The maximum Gasteiger partial charge on any atom is 0.263 e. The van der Waals surface area contributed by atoms with Gasteiger partial charge in [-0.05, 0) is 49.2 Å². The molecule has 146 valence electrons. The average Bonchev–Trinajstić information content (AvgIpc) is 3.01. The predicted octanol–water partition coefficient (Wildman–Crippen LogP) is 4.52. The number of amides is 1. The Morgan fingerprint density at radius 2 is 1.93 bits per heavy atom. The normalized spacial score (nSPS) is 11.0. The van der Waals surface area contributed by atoms with Crippen LogP contribution >= 0.6 is 11.3 Å². The molecule has 29 heavy (non-hydrogen) atoms. The van der Waals surface area contributed by atoms with Crippen LogP contribution in [0.2, 0.25) is 0 Å². The third-order valence-corrected chi connectivity index (χ3v) is 5.62. The molecular weight excluding hydrogens is 389 g/mol. The highest BCUT2D eigenvalue weighted by Gasteiger charge is 2.18. The molecule has 0 radical (unpaired) electrons. The second-order valence-electron chi connectivity index (χ2n) is 6.82. The van der Waals surface area contributed by atoms with Crippen molar-refractivity contribution in [1.82, 2.24) is 9.55 Å². The first-order chi connectivity index (χ1) is 13.9. The van der Waals surface area contributed by atoms with Gasteiger partial charge in [0.25, 0.3) is 5.56 Å². The van der Waals surface area contributed by atoms with E-state index in [2.05, 4.69) is 10.3 Å². The number of nitrogens with one attached hydrogen (secondary N) is 1. The molecule has 0 spiro atoms. The number of nitrogens with zero attached hydrogens (tertiary/aromatic N) is 2. The van der Waals surface area contributed by atoms with Crippen molar-refractivity contribution < 1.29 is 9.18 Å². The van der Waals surface area contributed by atoms with E-state index in [4.69, 9.17) is 0 Å². The van der Waals surface area contributed by atoms with Crippen LogP contribution in [0.15, 0.2) is 59.7 Å². The summed E-state index contributed by atoms with van der Waals surface area (Å²) in [6.07, 6.45) is 1.39. The van der Waals surface area contributed by atoms with Crippen LogP contribution in [0.5, 0.6) is 0 Å². The molecule has 7 heteroatoms. The molecule has 0 saturated carbocycles. The number of aromatic nitrogens is 2. The van der Waals surface area contributed by atoms with Crippen LogP contribution in [0.3, 0.4) is 0 Å². The van der Waals surface area contributed by atoms with E-state index in [0.717, 1.165) is 21.6 Å². The summed E-state index contributed by atoms with van der Waals surface area (Å²) < 4.78 is 14.6. The summed E-state index contributed by atoms with van der Waals surface area (Å²) in [5.41, 5.74) is 2.89. The van der Waals surface area contributed by atoms with Crippen molar-refractivity contribution in [3.05, 3.63) is 81.5 Å². The molecule has 2 aromatic carbocycles. The molecule has 0 saturated heterocycles. The van der Waals surface area contributed by atoms with Gasteiger partial charge in [0.1, 0.15) is 17.2 Å². The summed E-state index contributed by atoms with van der Waals surface area (Å²) in [6.45, 7) is 3.70. The van der Waals surface area contributed by atoms with Gasteiger partial charge in [0.05, 0.1) is 11.7 Å². The lowest BCUT2D eigenvalue weighted by Gasteiger charge is -2.08. The Labute approximate surface area is 170 Å². The number of hydrogen-bond acceptors (Lipinski definition) is 4. The number of anilines is 1. The molecule has 0 aliphatic rings. The van der Waals surface area contributed by atoms with Gasteiger partial charge in [0, 0.05) is 16.1 Å². The van der Waals surface area contributed by atoms with E-state index in [1.807, 2.05) is 32.0 Å². The molecule has 2 heterocycles. The van der Waals surface area contributed by atoms with Gasteiger partial charge in [0.15, 0.2) is 0 Å². The number of carbonyl (C=O) groups is 1. The van der Waals surface area contributed by atoms with E-state index in [0.29, 0.717) is 15.9 Å². The van der Waals surface area contributed by atoms with E-state index in [9.17, 15) is 14.0 Å².